The number of nitrogens with zero attached hydrogens (tertiary/aromatic N) is 1. The summed E-state index contributed by atoms with van der Waals surface area (Å²) in [5.41, 5.74) is 2.98. The fourth-order valence-electron chi connectivity index (χ4n) is 3.52. The maximum atomic E-state index is 12.8. The van der Waals surface area contributed by atoms with Crippen LogP contribution in [0.25, 0.3) is 33.0 Å². The van der Waals surface area contributed by atoms with Crippen molar-refractivity contribution in [2.75, 3.05) is 11.8 Å². The molecule has 0 saturated heterocycles. The highest BCUT2D eigenvalue weighted by molar-refractivity contribution is 7.94. The Hall–Kier alpha value is -3.69. The number of pyridine rings is 1. The Morgan fingerprint density at radius 3 is 2.75 bits per heavy atom. The SMILES string of the molecule is COC(=O)c1cc(-c2ccc3occc3c2)c2cccc(NS(=O)(=O)c3cccs3)c2n1. The van der Waals surface area contributed by atoms with Crippen LogP contribution in [0.4, 0.5) is 5.69 Å². The van der Waals surface area contributed by atoms with E-state index in [-0.39, 0.29) is 15.6 Å². The third-order valence-electron chi connectivity index (χ3n) is 5.00. The van der Waals surface area contributed by atoms with Crippen molar-refractivity contribution in [3.63, 3.8) is 0 Å². The van der Waals surface area contributed by atoms with Gasteiger partial charge in [0.2, 0.25) is 0 Å². The number of benzene rings is 2. The first-order valence-electron chi connectivity index (χ1n) is 9.52. The van der Waals surface area contributed by atoms with E-state index in [0.717, 1.165) is 33.4 Å². The monoisotopic (exact) mass is 464 g/mol. The van der Waals surface area contributed by atoms with Crippen LogP contribution in [-0.2, 0) is 14.8 Å². The molecule has 0 aliphatic rings. The molecule has 3 aromatic heterocycles. The van der Waals surface area contributed by atoms with Gasteiger partial charge in [0, 0.05) is 10.8 Å². The second kappa shape index (κ2) is 7.77. The van der Waals surface area contributed by atoms with Crippen molar-refractivity contribution in [3.8, 4) is 11.1 Å². The summed E-state index contributed by atoms with van der Waals surface area (Å²) in [5.74, 6) is -0.617. The molecule has 7 nitrogen and oxygen atoms in total. The average molecular weight is 465 g/mol. The summed E-state index contributed by atoms with van der Waals surface area (Å²) < 4.78 is 38.7. The number of anilines is 1. The zero-order valence-electron chi connectivity index (χ0n) is 16.7. The fraction of sp³-hybridized carbons (Fsp3) is 0.0435. The highest BCUT2D eigenvalue weighted by Gasteiger charge is 2.20. The minimum atomic E-state index is -3.80. The van der Waals surface area contributed by atoms with Crippen LogP contribution >= 0.6 is 11.3 Å². The van der Waals surface area contributed by atoms with E-state index in [0.29, 0.717) is 10.9 Å². The van der Waals surface area contributed by atoms with E-state index in [1.54, 1.807) is 35.9 Å². The summed E-state index contributed by atoms with van der Waals surface area (Å²) in [6, 6.07) is 17.5. The van der Waals surface area contributed by atoms with Gasteiger partial charge in [0.15, 0.2) is 0 Å². The van der Waals surface area contributed by atoms with E-state index in [1.807, 2.05) is 30.3 Å². The Morgan fingerprint density at radius 2 is 1.97 bits per heavy atom. The van der Waals surface area contributed by atoms with Crippen molar-refractivity contribution >= 4 is 54.9 Å². The number of thiophene rings is 1. The van der Waals surface area contributed by atoms with Crippen molar-refractivity contribution in [1.82, 2.24) is 4.98 Å². The topological polar surface area (TPSA) is 98.5 Å². The molecule has 0 saturated carbocycles. The van der Waals surface area contributed by atoms with E-state index < -0.39 is 16.0 Å². The van der Waals surface area contributed by atoms with Gasteiger partial charge in [-0.15, -0.1) is 11.3 Å². The lowest BCUT2D eigenvalue weighted by Crippen LogP contribution is -2.13. The number of rotatable bonds is 5. The van der Waals surface area contributed by atoms with Gasteiger partial charge in [0.05, 0.1) is 24.6 Å². The van der Waals surface area contributed by atoms with Crippen molar-refractivity contribution in [3.05, 3.63) is 78.0 Å². The summed E-state index contributed by atoms with van der Waals surface area (Å²) in [4.78, 5) is 16.8. The largest absolute Gasteiger partial charge is 0.464 e. The molecule has 0 aliphatic heterocycles. The van der Waals surface area contributed by atoms with Gasteiger partial charge in [0.25, 0.3) is 10.0 Å². The number of carbonyl (C=O) groups excluding carboxylic acids is 1. The van der Waals surface area contributed by atoms with E-state index in [4.69, 9.17) is 9.15 Å². The zero-order chi connectivity index (χ0) is 22.3. The normalized spacial score (nSPS) is 11.7. The minimum Gasteiger partial charge on any atom is -0.464 e. The smallest absolute Gasteiger partial charge is 0.356 e. The third kappa shape index (κ3) is 3.51. The Bertz CT molecular complexity index is 1570. The van der Waals surface area contributed by atoms with Gasteiger partial charge in [-0.3, -0.25) is 4.72 Å². The summed E-state index contributed by atoms with van der Waals surface area (Å²) >= 11 is 1.11. The van der Waals surface area contributed by atoms with Crippen LogP contribution in [0.5, 0.6) is 0 Å². The predicted octanol–water partition coefficient (Wildman–Crippen LogP) is 5.30. The van der Waals surface area contributed by atoms with E-state index in [9.17, 15) is 13.2 Å². The average Bonchev–Trinajstić information content (AvgIpc) is 3.50. The van der Waals surface area contributed by atoms with Gasteiger partial charge in [-0.2, -0.15) is 0 Å². The molecule has 5 aromatic rings. The summed E-state index contributed by atoms with van der Waals surface area (Å²) in [6.07, 6.45) is 1.61. The third-order valence-corrected chi connectivity index (χ3v) is 7.76. The quantitative estimate of drug-likeness (QED) is 0.355. The highest BCUT2D eigenvalue weighted by Crippen LogP contribution is 2.35. The van der Waals surface area contributed by atoms with Crippen molar-refractivity contribution in [2.24, 2.45) is 0 Å². The molecule has 2 aromatic carbocycles. The van der Waals surface area contributed by atoms with Gasteiger partial charge in [-0.05, 0) is 52.9 Å². The van der Waals surface area contributed by atoms with Crippen LogP contribution in [0.1, 0.15) is 10.5 Å². The molecule has 0 fully saturated rings. The Kier molecular flexibility index (Phi) is 4.91. The number of furan rings is 1. The van der Waals surface area contributed by atoms with E-state index in [2.05, 4.69) is 9.71 Å². The maximum absolute atomic E-state index is 12.8. The molecule has 0 amide bonds. The number of methoxy groups -OCH3 is 1. The number of sulfonamides is 1. The van der Waals surface area contributed by atoms with Crippen molar-refractivity contribution < 1.29 is 22.4 Å². The van der Waals surface area contributed by atoms with Gasteiger partial charge >= 0.3 is 5.97 Å². The number of ether oxygens (including phenoxy) is 1. The Morgan fingerprint density at radius 1 is 1.09 bits per heavy atom. The number of fused-ring (bicyclic) bond motifs is 2. The molecule has 5 rings (SSSR count). The summed E-state index contributed by atoms with van der Waals surface area (Å²) in [7, 11) is -2.52. The lowest BCUT2D eigenvalue weighted by molar-refractivity contribution is 0.0594. The first kappa shape index (κ1) is 20.2. The second-order valence-corrected chi connectivity index (χ2v) is 9.82. The number of esters is 1. The van der Waals surface area contributed by atoms with Gasteiger partial charge < -0.3 is 9.15 Å². The first-order chi connectivity index (χ1) is 15.5. The molecular weight excluding hydrogens is 448 g/mol. The van der Waals surface area contributed by atoms with Crippen LogP contribution in [0.15, 0.2) is 80.9 Å². The minimum absolute atomic E-state index is 0.0741. The molecule has 0 bridgehead atoms. The molecule has 0 atom stereocenters. The summed E-state index contributed by atoms with van der Waals surface area (Å²) in [5, 5.41) is 3.28. The Labute approximate surface area is 187 Å². The molecule has 1 N–H and O–H groups in total. The van der Waals surface area contributed by atoms with Crippen LogP contribution < -0.4 is 4.72 Å². The number of nitrogens with one attached hydrogen (secondary N) is 1. The lowest BCUT2D eigenvalue weighted by atomic mass is 9.98. The van der Waals surface area contributed by atoms with Crippen molar-refractivity contribution in [2.45, 2.75) is 4.21 Å². The molecule has 32 heavy (non-hydrogen) atoms. The highest BCUT2D eigenvalue weighted by atomic mass is 32.2. The standard InChI is InChI=1S/C23H16N2O5S2/c1-29-23(26)19-13-17(14-7-8-20-15(12-14)9-10-30-20)16-4-2-5-18(22(16)24-19)25-32(27,28)21-6-3-11-31-21/h2-13,25H,1H3. The molecule has 0 spiro atoms. The molecule has 9 heteroatoms. The predicted molar refractivity (Wildman–Crippen MR) is 123 cm³/mol. The van der Waals surface area contributed by atoms with Crippen LogP contribution in [0.2, 0.25) is 0 Å². The van der Waals surface area contributed by atoms with Gasteiger partial charge in [0.1, 0.15) is 15.5 Å². The number of hydrogen-bond acceptors (Lipinski definition) is 7. The van der Waals surface area contributed by atoms with Gasteiger partial charge in [-0.1, -0.05) is 24.3 Å². The molecule has 160 valence electrons. The molecule has 0 aliphatic carbocycles. The first-order valence-corrected chi connectivity index (χ1v) is 11.9. The van der Waals surface area contributed by atoms with E-state index >= 15 is 0 Å². The van der Waals surface area contributed by atoms with Crippen LogP contribution in [0.3, 0.4) is 0 Å². The fourth-order valence-corrected chi connectivity index (χ4v) is 5.58. The second-order valence-electron chi connectivity index (χ2n) is 6.96. The Balaban J connectivity index is 1.74. The van der Waals surface area contributed by atoms with E-state index in [1.165, 1.54) is 13.2 Å². The molecule has 3 heterocycles. The van der Waals surface area contributed by atoms with Crippen molar-refractivity contribution in [1.29, 1.82) is 0 Å². The number of para-hydroxylation sites is 1. The molecule has 0 radical (unpaired) electrons. The molecule has 0 unspecified atom stereocenters. The maximum Gasteiger partial charge on any atom is 0.356 e. The summed E-state index contributed by atoms with van der Waals surface area (Å²) in [6.45, 7) is 0. The number of hydrogen-bond donors (Lipinski definition) is 1. The zero-order valence-corrected chi connectivity index (χ0v) is 18.4. The van der Waals surface area contributed by atoms with Crippen LogP contribution in [0, 0.1) is 0 Å². The van der Waals surface area contributed by atoms with Gasteiger partial charge in [-0.25, -0.2) is 18.2 Å². The molecular formula is C23H16N2O5S2. The van der Waals surface area contributed by atoms with Crippen LogP contribution in [-0.4, -0.2) is 26.5 Å². The lowest BCUT2D eigenvalue weighted by Gasteiger charge is -2.13. The number of carbonyl (C=O) groups is 1. The number of aromatic nitrogens is 1.